The van der Waals surface area contributed by atoms with E-state index < -0.39 is 0 Å². The third-order valence-electron chi connectivity index (χ3n) is 4.93. The number of hydrogen-bond acceptors (Lipinski definition) is 4. The lowest BCUT2D eigenvalue weighted by atomic mass is 10.00. The second-order valence-corrected chi connectivity index (χ2v) is 6.85. The highest BCUT2D eigenvalue weighted by Gasteiger charge is 2.11. The summed E-state index contributed by atoms with van der Waals surface area (Å²) in [5.41, 5.74) is 4.05. The van der Waals surface area contributed by atoms with Gasteiger partial charge in [0.15, 0.2) is 0 Å². The van der Waals surface area contributed by atoms with Gasteiger partial charge in [-0.15, -0.1) is 0 Å². The lowest BCUT2D eigenvalue weighted by molar-refractivity contribution is 0.404. The van der Waals surface area contributed by atoms with Gasteiger partial charge < -0.3 is 19.9 Å². The van der Waals surface area contributed by atoms with Crippen molar-refractivity contribution >= 4 is 0 Å². The molecule has 0 radical (unpaired) electrons. The topological polar surface area (TPSA) is 50.7 Å². The highest BCUT2D eigenvalue weighted by molar-refractivity contribution is 5.73. The molecule has 4 heteroatoms. The van der Waals surface area contributed by atoms with Gasteiger partial charge in [0.25, 0.3) is 0 Å². The van der Waals surface area contributed by atoms with Crippen molar-refractivity contribution in [1.82, 2.24) is 5.32 Å². The van der Waals surface area contributed by atoms with Crippen LogP contribution < -0.4 is 14.8 Å². The molecule has 3 rings (SSSR count). The molecule has 1 atom stereocenters. The maximum absolute atomic E-state index is 10.3. The Kier molecular flexibility index (Phi) is 6.56. The summed E-state index contributed by atoms with van der Waals surface area (Å²) < 4.78 is 10.8. The Morgan fingerprint density at radius 2 is 1.71 bits per heavy atom. The van der Waals surface area contributed by atoms with Crippen LogP contribution in [0.2, 0.25) is 0 Å². The molecule has 0 aliphatic heterocycles. The number of nitrogens with one attached hydrogen (secondary N) is 1. The van der Waals surface area contributed by atoms with Gasteiger partial charge in [0.05, 0.1) is 14.2 Å². The van der Waals surface area contributed by atoms with Crippen LogP contribution in [0.5, 0.6) is 17.2 Å². The van der Waals surface area contributed by atoms with Gasteiger partial charge in [0, 0.05) is 24.2 Å². The molecule has 0 bridgehead atoms. The Balaban J connectivity index is 1.75. The molecule has 4 nitrogen and oxygen atoms in total. The van der Waals surface area contributed by atoms with Gasteiger partial charge in [-0.1, -0.05) is 43.3 Å². The molecule has 0 saturated heterocycles. The van der Waals surface area contributed by atoms with E-state index in [1.807, 2.05) is 36.4 Å². The highest BCUT2D eigenvalue weighted by Crippen LogP contribution is 2.35. The summed E-state index contributed by atoms with van der Waals surface area (Å²) in [4.78, 5) is 0. The maximum atomic E-state index is 10.3. The third kappa shape index (κ3) is 4.65. The van der Waals surface area contributed by atoms with Crippen LogP contribution in [0.15, 0.2) is 66.7 Å². The van der Waals surface area contributed by atoms with Crippen LogP contribution in [0.1, 0.15) is 24.0 Å². The van der Waals surface area contributed by atoms with E-state index in [1.54, 1.807) is 20.3 Å². The van der Waals surface area contributed by atoms with Crippen molar-refractivity contribution in [3.05, 3.63) is 77.9 Å². The molecule has 0 spiro atoms. The number of rotatable bonds is 8. The standard InChI is InChI=1S/C24H27NO3/c1-17(18-7-5-4-6-8-18)15-25-16-20-13-19(9-11-23(20)26)22-14-21(27-2)10-12-24(22)28-3/h4-14,17,25-26H,15-16H2,1-3H3. The van der Waals surface area contributed by atoms with Crippen LogP contribution in [-0.2, 0) is 6.54 Å². The monoisotopic (exact) mass is 377 g/mol. The van der Waals surface area contributed by atoms with Crippen molar-refractivity contribution in [2.24, 2.45) is 0 Å². The van der Waals surface area contributed by atoms with E-state index in [2.05, 4.69) is 36.5 Å². The second-order valence-electron chi connectivity index (χ2n) is 6.85. The van der Waals surface area contributed by atoms with Crippen molar-refractivity contribution < 1.29 is 14.6 Å². The van der Waals surface area contributed by atoms with Crippen LogP contribution >= 0.6 is 0 Å². The highest BCUT2D eigenvalue weighted by atomic mass is 16.5. The van der Waals surface area contributed by atoms with E-state index >= 15 is 0 Å². The first-order valence-corrected chi connectivity index (χ1v) is 9.42. The lowest BCUT2D eigenvalue weighted by Gasteiger charge is -2.15. The van der Waals surface area contributed by atoms with Gasteiger partial charge in [-0.3, -0.25) is 0 Å². The fourth-order valence-corrected chi connectivity index (χ4v) is 3.26. The number of benzene rings is 3. The first-order chi connectivity index (χ1) is 13.6. The second kappa shape index (κ2) is 9.29. The number of ether oxygens (including phenoxy) is 2. The fourth-order valence-electron chi connectivity index (χ4n) is 3.26. The molecule has 0 fully saturated rings. The molecule has 0 heterocycles. The Bertz CT molecular complexity index is 909. The van der Waals surface area contributed by atoms with Gasteiger partial charge in [0.1, 0.15) is 17.2 Å². The van der Waals surface area contributed by atoms with E-state index in [0.29, 0.717) is 12.5 Å². The normalized spacial score (nSPS) is 11.8. The van der Waals surface area contributed by atoms with E-state index in [1.165, 1.54) is 5.56 Å². The summed E-state index contributed by atoms with van der Waals surface area (Å²) in [6.45, 7) is 3.61. The van der Waals surface area contributed by atoms with E-state index in [4.69, 9.17) is 9.47 Å². The van der Waals surface area contributed by atoms with Crippen LogP contribution in [-0.4, -0.2) is 25.9 Å². The van der Waals surface area contributed by atoms with Crippen molar-refractivity contribution in [3.63, 3.8) is 0 Å². The van der Waals surface area contributed by atoms with Crippen LogP contribution in [0, 0.1) is 0 Å². The first kappa shape index (κ1) is 19.8. The van der Waals surface area contributed by atoms with E-state index in [9.17, 15) is 5.11 Å². The molecule has 3 aromatic rings. The number of phenols is 1. The molecule has 2 N–H and O–H groups in total. The zero-order valence-electron chi connectivity index (χ0n) is 16.6. The van der Waals surface area contributed by atoms with Crippen molar-refractivity contribution in [1.29, 1.82) is 0 Å². The minimum Gasteiger partial charge on any atom is -0.508 e. The largest absolute Gasteiger partial charge is 0.508 e. The van der Waals surface area contributed by atoms with Crippen LogP contribution in [0.25, 0.3) is 11.1 Å². The van der Waals surface area contributed by atoms with E-state index in [-0.39, 0.29) is 5.75 Å². The smallest absolute Gasteiger partial charge is 0.126 e. The number of methoxy groups -OCH3 is 2. The lowest BCUT2D eigenvalue weighted by Crippen LogP contribution is -2.19. The predicted molar refractivity (Wildman–Crippen MR) is 113 cm³/mol. The molecule has 146 valence electrons. The van der Waals surface area contributed by atoms with E-state index in [0.717, 1.165) is 34.7 Å². The fraction of sp³-hybridized carbons (Fsp3) is 0.250. The average Bonchev–Trinajstić information content (AvgIpc) is 2.75. The maximum Gasteiger partial charge on any atom is 0.126 e. The number of aromatic hydroxyl groups is 1. The number of hydrogen-bond donors (Lipinski definition) is 2. The summed E-state index contributed by atoms with van der Waals surface area (Å²) in [6.07, 6.45) is 0. The molecule has 0 amide bonds. The van der Waals surface area contributed by atoms with Crippen LogP contribution in [0.4, 0.5) is 0 Å². The summed E-state index contributed by atoms with van der Waals surface area (Å²) >= 11 is 0. The van der Waals surface area contributed by atoms with Crippen molar-refractivity contribution in [2.45, 2.75) is 19.4 Å². The Morgan fingerprint density at radius 3 is 2.43 bits per heavy atom. The third-order valence-corrected chi connectivity index (χ3v) is 4.93. The minimum atomic E-state index is 0.283. The average molecular weight is 377 g/mol. The molecule has 3 aromatic carbocycles. The minimum absolute atomic E-state index is 0.283. The Labute approximate surface area is 166 Å². The Morgan fingerprint density at radius 1 is 0.929 bits per heavy atom. The van der Waals surface area contributed by atoms with Crippen molar-refractivity contribution in [3.8, 4) is 28.4 Å². The summed E-state index contributed by atoms with van der Waals surface area (Å²) in [6, 6.07) is 21.7. The molecule has 28 heavy (non-hydrogen) atoms. The van der Waals surface area contributed by atoms with Crippen molar-refractivity contribution in [2.75, 3.05) is 20.8 Å². The Hall–Kier alpha value is -2.98. The molecule has 0 aromatic heterocycles. The number of phenolic OH excluding ortho intramolecular Hbond substituents is 1. The first-order valence-electron chi connectivity index (χ1n) is 9.42. The predicted octanol–water partition coefficient (Wildman–Crippen LogP) is 4.97. The van der Waals surface area contributed by atoms with Gasteiger partial charge in [-0.25, -0.2) is 0 Å². The van der Waals surface area contributed by atoms with Gasteiger partial charge in [0.2, 0.25) is 0 Å². The zero-order valence-corrected chi connectivity index (χ0v) is 16.6. The van der Waals surface area contributed by atoms with Gasteiger partial charge in [-0.05, 0) is 47.4 Å². The zero-order chi connectivity index (χ0) is 19.9. The molecular weight excluding hydrogens is 350 g/mol. The molecular formula is C24H27NO3. The summed E-state index contributed by atoms with van der Waals surface area (Å²) in [5, 5.41) is 13.8. The molecule has 1 unspecified atom stereocenters. The molecule has 0 aliphatic rings. The van der Waals surface area contributed by atoms with Gasteiger partial charge in [-0.2, -0.15) is 0 Å². The van der Waals surface area contributed by atoms with Gasteiger partial charge >= 0.3 is 0 Å². The summed E-state index contributed by atoms with van der Waals surface area (Å²) in [5.74, 6) is 2.21. The quantitative estimate of drug-likeness (QED) is 0.582. The summed E-state index contributed by atoms with van der Waals surface area (Å²) in [7, 11) is 3.30. The molecule has 0 saturated carbocycles. The molecule has 0 aliphatic carbocycles. The van der Waals surface area contributed by atoms with Crippen LogP contribution in [0.3, 0.4) is 0 Å². The SMILES string of the molecule is COc1ccc(OC)c(-c2ccc(O)c(CNCC(C)c3ccccc3)c2)c1.